The second-order valence-corrected chi connectivity index (χ2v) is 14.4. The molecule has 0 radical (unpaired) electrons. The molecule has 3 aromatic heterocycles. The van der Waals surface area contributed by atoms with Crippen LogP contribution in [0.5, 0.6) is 0 Å². The van der Waals surface area contributed by atoms with Gasteiger partial charge in [0.25, 0.3) is 0 Å². The van der Waals surface area contributed by atoms with E-state index in [1.807, 2.05) is 29.8 Å². The van der Waals surface area contributed by atoms with E-state index in [-0.39, 0.29) is 23.3 Å². The highest BCUT2D eigenvalue weighted by atomic mass is 19.4. The fraction of sp³-hybridized carbons (Fsp3) is 0.571. The summed E-state index contributed by atoms with van der Waals surface area (Å²) in [5, 5.41) is 14.6. The van der Waals surface area contributed by atoms with Gasteiger partial charge in [0.05, 0.1) is 28.6 Å². The average Bonchev–Trinajstić information content (AvgIpc) is 3.71. The summed E-state index contributed by atoms with van der Waals surface area (Å²) in [6, 6.07) is 8.79. The Morgan fingerprint density at radius 1 is 1.02 bits per heavy atom. The lowest BCUT2D eigenvalue weighted by molar-refractivity contribution is -0.136. The van der Waals surface area contributed by atoms with E-state index in [4.69, 9.17) is 0 Å². The molecule has 13 heteroatoms. The van der Waals surface area contributed by atoms with Gasteiger partial charge in [-0.15, -0.1) is 10.2 Å². The predicted octanol–water partition coefficient (Wildman–Crippen LogP) is 5.16. The second kappa shape index (κ2) is 12.4. The molecule has 4 aromatic rings. The molecule has 2 N–H and O–H groups in total. The van der Waals surface area contributed by atoms with Gasteiger partial charge in [0.15, 0.2) is 0 Å². The zero-order chi connectivity index (χ0) is 33.0. The molecule has 2 aliphatic carbocycles. The van der Waals surface area contributed by atoms with Crippen LogP contribution in [0.4, 0.5) is 13.2 Å². The first-order chi connectivity index (χ1) is 23.2. The summed E-state index contributed by atoms with van der Waals surface area (Å²) < 4.78 is 48.2. The van der Waals surface area contributed by atoms with Crippen LogP contribution in [0.2, 0.25) is 0 Å². The molecule has 1 spiro atoms. The normalized spacial score (nSPS) is 23.2. The number of hydrogen-bond acceptors (Lipinski definition) is 7. The maximum Gasteiger partial charge on any atom is 0.418 e. The molecule has 8 rings (SSSR count). The third kappa shape index (κ3) is 5.88. The van der Waals surface area contributed by atoms with Crippen molar-refractivity contribution < 1.29 is 13.2 Å². The summed E-state index contributed by atoms with van der Waals surface area (Å²) in [4.78, 5) is 16.1. The lowest BCUT2D eigenvalue weighted by atomic mass is 9.72. The number of pyridine rings is 1. The predicted molar refractivity (Wildman–Crippen MR) is 175 cm³/mol. The van der Waals surface area contributed by atoms with Gasteiger partial charge in [0, 0.05) is 51.5 Å². The first kappa shape index (κ1) is 31.7. The zero-order valence-corrected chi connectivity index (χ0v) is 27.4. The number of aryl methyl sites for hydroxylation is 1. The Morgan fingerprint density at radius 2 is 1.81 bits per heavy atom. The molecule has 4 fully saturated rings. The standard InChI is InChI=1S/C35H44F3N9O/c1-43-23-39-41-32(43)31(25-9-7-10-25)26-11-8-12-27(18-26)45-21-29-28(35(36,37)38)17-24(20-46(29)33(45)48)19-44-15-16-47-30(22-44)40-34(42-47)13-5-3-2-4-6-14-34/h8,11-12,17-18,20-21,23,25,30-31,40,42H,2-7,9-10,13-16,19,22H2,1H3/t30?,31-/m1/s1. The van der Waals surface area contributed by atoms with Gasteiger partial charge in [-0.2, -0.15) is 13.2 Å². The topological polar surface area (TPSA) is 87.7 Å². The molecule has 1 unspecified atom stereocenters. The van der Waals surface area contributed by atoms with E-state index in [1.54, 1.807) is 18.6 Å². The van der Waals surface area contributed by atoms with Crippen LogP contribution in [0.25, 0.3) is 11.2 Å². The van der Waals surface area contributed by atoms with Crippen LogP contribution in [0.1, 0.15) is 92.6 Å². The van der Waals surface area contributed by atoms with Crippen LogP contribution < -0.4 is 16.4 Å². The fourth-order valence-corrected chi connectivity index (χ4v) is 8.48. The van der Waals surface area contributed by atoms with Crippen molar-refractivity contribution in [2.45, 2.75) is 94.7 Å². The summed E-state index contributed by atoms with van der Waals surface area (Å²) in [5.74, 6) is 1.23. The Kier molecular flexibility index (Phi) is 8.21. The van der Waals surface area contributed by atoms with E-state index in [0.717, 1.165) is 56.6 Å². The third-order valence-corrected chi connectivity index (χ3v) is 11.2. The van der Waals surface area contributed by atoms with E-state index in [9.17, 15) is 18.0 Å². The van der Waals surface area contributed by atoms with Crippen molar-refractivity contribution in [1.82, 2.24) is 44.4 Å². The van der Waals surface area contributed by atoms with Gasteiger partial charge >= 0.3 is 11.9 Å². The minimum atomic E-state index is -4.62. The van der Waals surface area contributed by atoms with Crippen LogP contribution in [-0.2, 0) is 19.8 Å². The first-order valence-electron chi connectivity index (χ1n) is 17.5. The molecular weight excluding hydrogens is 619 g/mol. The molecule has 2 saturated heterocycles. The van der Waals surface area contributed by atoms with E-state index >= 15 is 0 Å². The summed E-state index contributed by atoms with van der Waals surface area (Å²) in [6.45, 7) is 2.50. The van der Waals surface area contributed by atoms with Gasteiger partial charge in [-0.05, 0) is 60.9 Å². The van der Waals surface area contributed by atoms with Crippen molar-refractivity contribution in [2.75, 3.05) is 19.6 Å². The van der Waals surface area contributed by atoms with Gasteiger partial charge in [-0.3, -0.25) is 19.2 Å². The van der Waals surface area contributed by atoms with Crippen molar-refractivity contribution >= 4 is 5.52 Å². The van der Waals surface area contributed by atoms with Crippen molar-refractivity contribution in [2.24, 2.45) is 13.0 Å². The number of rotatable bonds is 6. The van der Waals surface area contributed by atoms with Gasteiger partial charge in [0.2, 0.25) is 0 Å². The molecule has 2 aliphatic heterocycles. The van der Waals surface area contributed by atoms with Gasteiger partial charge in [-0.1, -0.05) is 50.7 Å². The summed E-state index contributed by atoms with van der Waals surface area (Å²) >= 11 is 0. The Bertz CT molecular complexity index is 1830. The Morgan fingerprint density at radius 3 is 2.52 bits per heavy atom. The Hall–Kier alpha value is -3.52. The number of piperazine rings is 1. The maximum absolute atomic E-state index is 14.6. The third-order valence-electron chi connectivity index (χ3n) is 11.2. The quantitative estimate of drug-likeness (QED) is 0.295. The fourth-order valence-electron chi connectivity index (χ4n) is 8.48. The molecule has 0 amide bonds. The van der Waals surface area contributed by atoms with E-state index in [1.165, 1.54) is 53.3 Å². The van der Waals surface area contributed by atoms with E-state index in [0.29, 0.717) is 30.3 Å². The molecule has 10 nitrogen and oxygen atoms in total. The summed E-state index contributed by atoms with van der Waals surface area (Å²) in [6.07, 6.45) is 11.7. The lowest BCUT2D eigenvalue weighted by Gasteiger charge is -2.36. The average molecular weight is 664 g/mol. The Balaban J connectivity index is 1.08. The lowest BCUT2D eigenvalue weighted by Crippen LogP contribution is -2.55. The highest BCUT2D eigenvalue weighted by Crippen LogP contribution is 2.43. The molecule has 2 atom stereocenters. The highest BCUT2D eigenvalue weighted by molar-refractivity contribution is 5.58. The number of nitrogens with one attached hydrogen (secondary N) is 2. The second-order valence-electron chi connectivity index (χ2n) is 14.4. The number of benzene rings is 1. The van der Waals surface area contributed by atoms with Gasteiger partial charge < -0.3 is 4.57 Å². The van der Waals surface area contributed by atoms with Crippen LogP contribution in [0.15, 0.2) is 53.8 Å². The van der Waals surface area contributed by atoms with Crippen molar-refractivity contribution in [3.05, 3.63) is 82.1 Å². The van der Waals surface area contributed by atoms with E-state index in [2.05, 4.69) is 30.8 Å². The van der Waals surface area contributed by atoms with Gasteiger partial charge in [-0.25, -0.2) is 15.2 Å². The number of nitrogens with zero attached hydrogens (tertiary/aromatic N) is 7. The van der Waals surface area contributed by atoms with Crippen molar-refractivity contribution in [3.63, 3.8) is 0 Å². The molecular formula is C35H44F3N9O. The number of alkyl halides is 3. The number of fused-ring (bicyclic) bond motifs is 2. The molecule has 1 aromatic carbocycles. The zero-order valence-electron chi connectivity index (χ0n) is 27.4. The number of hydrazine groups is 1. The molecule has 2 saturated carbocycles. The highest BCUT2D eigenvalue weighted by Gasteiger charge is 2.44. The largest absolute Gasteiger partial charge is 0.418 e. The molecule has 256 valence electrons. The minimum Gasteiger partial charge on any atom is -0.320 e. The van der Waals surface area contributed by atoms with E-state index < -0.39 is 17.4 Å². The monoisotopic (exact) mass is 663 g/mol. The Labute approximate surface area is 277 Å². The molecule has 5 heterocycles. The van der Waals surface area contributed by atoms with Crippen LogP contribution in [0.3, 0.4) is 0 Å². The molecule has 48 heavy (non-hydrogen) atoms. The van der Waals surface area contributed by atoms with Crippen LogP contribution >= 0.6 is 0 Å². The first-order valence-corrected chi connectivity index (χ1v) is 17.5. The maximum atomic E-state index is 14.6. The smallest absolute Gasteiger partial charge is 0.320 e. The van der Waals surface area contributed by atoms with Crippen molar-refractivity contribution in [1.29, 1.82) is 0 Å². The molecule has 4 aliphatic rings. The molecule has 0 bridgehead atoms. The number of imidazole rings is 1. The number of halogens is 3. The number of hydrogen-bond donors (Lipinski definition) is 2. The summed E-state index contributed by atoms with van der Waals surface area (Å²) in [5.41, 5.74) is 4.17. The van der Waals surface area contributed by atoms with Gasteiger partial charge in [0.1, 0.15) is 12.2 Å². The van der Waals surface area contributed by atoms with Crippen molar-refractivity contribution in [3.8, 4) is 5.69 Å². The summed E-state index contributed by atoms with van der Waals surface area (Å²) in [7, 11) is 1.92. The van der Waals surface area contributed by atoms with Crippen LogP contribution in [-0.4, -0.2) is 65.1 Å². The minimum absolute atomic E-state index is 0.0109. The van der Waals surface area contributed by atoms with Crippen LogP contribution in [0, 0.1) is 5.92 Å². The SMILES string of the molecule is Cn1cnnc1[C@@H](c1cccc(-n2cc3c(C(F)(F)F)cc(CN4CCN5NC6(CCCCCCC6)NC5C4)cn3c2=O)c1)C1CCC1. The number of aromatic nitrogens is 5.